The molecule has 2 amide bonds. The van der Waals surface area contributed by atoms with Gasteiger partial charge in [-0.15, -0.1) is 11.3 Å². The number of para-hydroxylation sites is 1. The molecule has 3 aromatic rings. The molecule has 0 saturated carbocycles. The van der Waals surface area contributed by atoms with Crippen LogP contribution in [0.5, 0.6) is 0 Å². The Morgan fingerprint density at radius 3 is 2.75 bits per heavy atom. The lowest BCUT2D eigenvalue weighted by Gasteiger charge is -2.17. The average molecular weight is 448 g/mol. The zero-order valence-electron chi connectivity index (χ0n) is 18.8. The van der Waals surface area contributed by atoms with Crippen molar-refractivity contribution in [3.63, 3.8) is 0 Å². The fraction of sp³-hybridized carbons (Fsp3) is 0.423. The highest BCUT2D eigenvalue weighted by molar-refractivity contribution is 7.14. The van der Waals surface area contributed by atoms with E-state index in [0.29, 0.717) is 12.1 Å². The van der Waals surface area contributed by atoms with Gasteiger partial charge >= 0.3 is 0 Å². The fourth-order valence-electron chi connectivity index (χ4n) is 4.94. The van der Waals surface area contributed by atoms with Gasteiger partial charge in [-0.1, -0.05) is 24.6 Å². The van der Waals surface area contributed by atoms with Crippen molar-refractivity contribution in [1.82, 2.24) is 14.8 Å². The maximum Gasteiger partial charge on any atom is 0.263 e. The molecule has 3 heterocycles. The van der Waals surface area contributed by atoms with E-state index in [2.05, 4.69) is 6.07 Å². The highest BCUT2D eigenvalue weighted by Gasteiger charge is 2.31. The summed E-state index contributed by atoms with van der Waals surface area (Å²) in [5.41, 5.74) is 3.81. The second-order valence-corrected chi connectivity index (χ2v) is 10.3. The van der Waals surface area contributed by atoms with Crippen molar-refractivity contribution < 1.29 is 9.59 Å². The number of hydrogen-bond acceptors (Lipinski definition) is 4. The minimum Gasteiger partial charge on any atom is -0.345 e. The SMILES string of the molecule is CN(C)C(=O)c1cc(C2CCN(C(=O)c3cc4c(s3)CCCCC4)C2)nc2ccccc12. The van der Waals surface area contributed by atoms with Crippen LogP contribution >= 0.6 is 11.3 Å². The lowest BCUT2D eigenvalue weighted by atomic mass is 9.99. The number of carbonyl (C=O) groups is 2. The number of pyridine rings is 1. The van der Waals surface area contributed by atoms with E-state index in [0.717, 1.165) is 47.3 Å². The number of amides is 2. The lowest BCUT2D eigenvalue weighted by Crippen LogP contribution is -2.28. The van der Waals surface area contributed by atoms with E-state index >= 15 is 0 Å². The van der Waals surface area contributed by atoms with Gasteiger partial charge in [0.25, 0.3) is 11.8 Å². The summed E-state index contributed by atoms with van der Waals surface area (Å²) in [5.74, 6) is 0.280. The predicted molar refractivity (Wildman–Crippen MR) is 129 cm³/mol. The Hall–Kier alpha value is -2.73. The molecule has 1 aliphatic carbocycles. The number of carbonyl (C=O) groups excluding carboxylic acids is 2. The number of fused-ring (bicyclic) bond motifs is 2. The normalized spacial score (nSPS) is 18.4. The summed E-state index contributed by atoms with van der Waals surface area (Å²) in [6, 6.07) is 11.9. The highest BCUT2D eigenvalue weighted by Crippen LogP contribution is 2.33. The van der Waals surface area contributed by atoms with Crippen molar-refractivity contribution in [1.29, 1.82) is 0 Å². The van der Waals surface area contributed by atoms with E-state index in [4.69, 9.17) is 4.98 Å². The molecule has 5 rings (SSSR count). The molecule has 1 aliphatic heterocycles. The van der Waals surface area contributed by atoms with Crippen LogP contribution in [-0.4, -0.2) is 53.8 Å². The zero-order chi connectivity index (χ0) is 22.2. The molecule has 0 spiro atoms. The minimum absolute atomic E-state index is 0.0177. The summed E-state index contributed by atoms with van der Waals surface area (Å²) >= 11 is 1.70. The van der Waals surface area contributed by atoms with E-state index in [9.17, 15) is 9.59 Å². The Labute approximate surface area is 193 Å². The number of rotatable bonds is 3. The summed E-state index contributed by atoms with van der Waals surface area (Å²) < 4.78 is 0. The topological polar surface area (TPSA) is 53.5 Å². The summed E-state index contributed by atoms with van der Waals surface area (Å²) in [6.45, 7) is 1.39. The molecular weight excluding hydrogens is 418 g/mol. The highest BCUT2D eigenvalue weighted by atomic mass is 32.1. The maximum absolute atomic E-state index is 13.3. The van der Waals surface area contributed by atoms with Crippen molar-refractivity contribution in [2.45, 2.75) is 44.4 Å². The van der Waals surface area contributed by atoms with E-state index in [1.165, 1.54) is 29.7 Å². The van der Waals surface area contributed by atoms with Gasteiger partial charge in [-0.2, -0.15) is 0 Å². The molecule has 1 atom stereocenters. The monoisotopic (exact) mass is 447 g/mol. The van der Waals surface area contributed by atoms with Gasteiger partial charge in [-0.05, 0) is 55.9 Å². The lowest BCUT2D eigenvalue weighted by molar-refractivity contribution is 0.0793. The number of benzene rings is 1. The van der Waals surface area contributed by atoms with Gasteiger partial charge in [-0.25, -0.2) is 0 Å². The van der Waals surface area contributed by atoms with Crippen LogP contribution in [0, 0.1) is 0 Å². The number of thiophene rings is 1. The van der Waals surface area contributed by atoms with Crippen LogP contribution in [0.4, 0.5) is 0 Å². The average Bonchev–Trinajstić information content (AvgIpc) is 3.40. The molecule has 166 valence electrons. The first-order valence-corrected chi connectivity index (χ1v) is 12.3. The van der Waals surface area contributed by atoms with Crippen molar-refractivity contribution in [3.05, 3.63) is 63.0 Å². The molecule has 0 bridgehead atoms. The number of nitrogens with zero attached hydrogens (tertiary/aromatic N) is 3. The minimum atomic E-state index is -0.0177. The van der Waals surface area contributed by atoms with Crippen LogP contribution < -0.4 is 0 Å². The van der Waals surface area contributed by atoms with E-state index in [1.54, 1.807) is 30.3 Å². The third kappa shape index (κ3) is 3.92. The molecule has 1 fully saturated rings. The Morgan fingerprint density at radius 1 is 1.09 bits per heavy atom. The first-order chi connectivity index (χ1) is 15.5. The molecule has 2 aromatic heterocycles. The molecule has 1 saturated heterocycles. The summed E-state index contributed by atoms with van der Waals surface area (Å²) in [4.78, 5) is 36.9. The van der Waals surface area contributed by atoms with Gasteiger partial charge in [0.1, 0.15) is 0 Å². The summed E-state index contributed by atoms with van der Waals surface area (Å²) in [7, 11) is 3.55. The van der Waals surface area contributed by atoms with Crippen molar-refractivity contribution in [3.8, 4) is 0 Å². The van der Waals surface area contributed by atoms with Gasteiger partial charge < -0.3 is 9.80 Å². The van der Waals surface area contributed by atoms with Crippen LogP contribution in [0.1, 0.15) is 67.8 Å². The van der Waals surface area contributed by atoms with Crippen LogP contribution in [0.2, 0.25) is 0 Å². The quantitative estimate of drug-likeness (QED) is 0.537. The van der Waals surface area contributed by atoms with E-state index in [-0.39, 0.29) is 17.7 Å². The first kappa shape index (κ1) is 21.1. The largest absolute Gasteiger partial charge is 0.345 e. The molecule has 6 heteroatoms. The molecule has 32 heavy (non-hydrogen) atoms. The summed E-state index contributed by atoms with van der Waals surface area (Å²) in [6.07, 6.45) is 6.83. The maximum atomic E-state index is 13.3. The zero-order valence-corrected chi connectivity index (χ0v) is 19.6. The Kier molecular flexibility index (Phi) is 5.72. The van der Waals surface area contributed by atoms with E-state index in [1.807, 2.05) is 35.2 Å². The van der Waals surface area contributed by atoms with Crippen LogP contribution in [0.3, 0.4) is 0 Å². The molecule has 1 aromatic carbocycles. The standard InChI is InChI=1S/C26H29N3O2S/c1-28(2)25(30)20-15-22(27-21-10-7-6-9-19(20)21)18-12-13-29(16-18)26(31)24-14-17-8-4-3-5-11-23(17)32-24/h6-7,9-10,14-15,18H,3-5,8,11-13,16H2,1-2H3. The molecule has 2 aliphatic rings. The molecule has 5 nitrogen and oxygen atoms in total. The predicted octanol–water partition coefficient (Wildman–Crippen LogP) is 4.90. The smallest absolute Gasteiger partial charge is 0.263 e. The second kappa shape index (κ2) is 8.66. The van der Waals surface area contributed by atoms with Crippen molar-refractivity contribution in [2.24, 2.45) is 0 Å². The number of aryl methyl sites for hydroxylation is 2. The second-order valence-electron chi connectivity index (χ2n) is 9.17. The summed E-state index contributed by atoms with van der Waals surface area (Å²) in [5, 5.41) is 0.876. The van der Waals surface area contributed by atoms with Gasteiger partial charge in [-0.3, -0.25) is 14.6 Å². The van der Waals surface area contributed by atoms with Gasteiger partial charge in [0.05, 0.1) is 16.0 Å². The number of hydrogen-bond donors (Lipinski definition) is 0. The number of likely N-dealkylation sites (tertiary alicyclic amines) is 1. The van der Waals surface area contributed by atoms with Crippen LogP contribution in [-0.2, 0) is 12.8 Å². The Balaban J connectivity index is 1.39. The van der Waals surface area contributed by atoms with Gasteiger partial charge in [0, 0.05) is 49.1 Å². The fourth-order valence-corrected chi connectivity index (χ4v) is 6.16. The first-order valence-electron chi connectivity index (χ1n) is 11.5. The molecule has 1 unspecified atom stereocenters. The van der Waals surface area contributed by atoms with Crippen molar-refractivity contribution >= 4 is 34.1 Å². The third-order valence-electron chi connectivity index (χ3n) is 6.72. The van der Waals surface area contributed by atoms with Gasteiger partial charge in [0.2, 0.25) is 0 Å². The Morgan fingerprint density at radius 2 is 1.91 bits per heavy atom. The van der Waals surface area contributed by atoms with Gasteiger partial charge in [0.15, 0.2) is 0 Å². The van der Waals surface area contributed by atoms with Crippen molar-refractivity contribution in [2.75, 3.05) is 27.2 Å². The van der Waals surface area contributed by atoms with E-state index < -0.39 is 0 Å². The third-order valence-corrected chi connectivity index (χ3v) is 7.95. The number of aromatic nitrogens is 1. The van der Waals surface area contributed by atoms with Crippen LogP contribution in [0.15, 0.2) is 36.4 Å². The molecular formula is C26H29N3O2S. The molecule has 0 radical (unpaired) electrons. The Bertz CT molecular complexity index is 1160. The molecule has 0 N–H and O–H groups in total. The van der Waals surface area contributed by atoms with Crippen LogP contribution in [0.25, 0.3) is 10.9 Å².